The second-order valence-corrected chi connectivity index (χ2v) is 6.13. The standard InChI is InChI=1S/C19H23NO/c1-13-4-9-18(15(3)10-13)21-19-11-16(6-5-14(19)2)12-20-17-7-8-17/h4-6,9-11,17,20H,7-8,12H2,1-3H3. The number of nitrogens with one attached hydrogen (secondary N) is 1. The van der Waals surface area contributed by atoms with E-state index in [1.54, 1.807) is 0 Å². The summed E-state index contributed by atoms with van der Waals surface area (Å²) >= 11 is 0. The highest BCUT2D eigenvalue weighted by Gasteiger charge is 2.20. The van der Waals surface area contributed by atoms with E-state index < -0.39 is 0 Å². The molecule has 2 nitrogen and oxygen atoms in total. The topological polar surface area (TPSA) is 21.3 Å². The molecular formula is C19H23NO. The molecule has 0 unspecified atom stereocenters. The lowest BCUT2D eigenvalue weighted by molar-refractivity contribution is 0.474. The van der Waals surface area contributed by atoms with Gasteiger partial charge in [0.2, 0.25) is 0 Å². The van der Waals surface area contributed by atoms with Gasteiger partial charge in [0.15, 0.2) is 0 Å². The smallest absolute Gasteiger partial charge is 0.130 e. The molecule has 0 radical (unpaired) electrons. The van der Waals surface area contributed by atoms with Gasteiger partial charge in [-0.25, -0.2) is 0 Å². The van der Waals surface area contributed by atoms with Crippen LogP contribution >= 0.6 is 0 Å². The van der Waals surface area contributed by atoms with Crippen molar-refractivity contribution in [3.05, 3.63) is 58.7 Å². The summed E-state index contributed by atoms with van der Waals surface area (Å²) in [5.74, 6) is 1.90. The van der Waals surface area contributed by atoms with Gasteiger partial charge in [-0.05, 0) is 62.4 Å². The Labute approximate surface area is 127 Å². The first-order valence-electron chi connectivity index (χ1n) is 7.70. The maximum absolute atomic E-state index is 6.13. The third kappa shape index (κ3) is 3.64. The third-order valence-corrected chi connectivity index (χ3v) is 3.98. The number of hydrogen-bond donors (Lipinski definition) is 1. The van der Waals surface area contributed by atoms with Crippen LogP contribution < -0.4 is 10.1 Å². The van der Waals surface area contributed by atoms with Crippen LogP contribution in [0.1, 0.15) is 35.1 Å². The van der Waals surface area contributed by atoms with Gasteiger partial charge in [0, 0.05) is 12.6 Å². The monoisotopic (exact) mass is 281 g/mol. The average Bonchev–Trinajstić information content (AvgIpc) is 3.27. The molecule has 0 spiro atoms. The highest BCUT2D eigenvalue weighted by molar-refractivity contribution is 5.43. The normalized spacial score (nSPS) is 14.2. The Kier molecular flexibility index (Phi) is 3.98. The fraction of sp³-hybridized carbons (Fsp3) is 0.368. The quantitative estimate of drug-likeness (QED) is 0.861. The van der Waals surface area contributed by atoms with E-state index in [-0.39, 0.29) is 0 Å². The van der Waals surface area contributed by atoms with Gasteiger partial charge >= 0.3 is 0 Å². The molecule has 0 bridgehead atoms. The minimum atomic E-state index is 0.731. The number of benzene rings is 2. The summed E-state index contributed by atoms with van der Waals surface area (Å²) in [5.41, 5.74) is 4.90. The first-order valence-corrected chi connectivity index (χ1v) is 7.70. The van der Waals surface area contributed by atoms with Gasteiger partial charge in [-0.15, -0.1) is 0 Å². The molecule has 2 heteroatoms. The van der Waals surface area contributed by atoms with Crippen LogP contribution in [0.3, 0.4) is 0 Å². The van der Waals surface area contributed by atoms with E-state index in [4.69, 9.17) is 4.74 Å². The summed E-state index contributed by atoms with van der Waals surface area (Å²) in [6.45, 7) is 7.22. The molecule has 2 aromatic rings. The van der Waals surface area contributed by atoms with Crippen molar-refractivity contribution in [2.75, 3.05) is 0 Å². The molecular weight excluding hydrogens is 258 g/mol. The second-order valence-electron chi connectivity index (χ2n) is 6.13. The predicted octanol–water partition coefficient (Wildman–Crippen LogP) is 4.66. The summed E-state index contributed by atoms with van der Waals surface area (Å²) in [6.07, 6.45) is 2.63. The van der Waals surface area contributed by atoms with Crippen LogP contribution in [0, 0.1) is 20.8 Å². The summed E-state index contributed by atoms with van der Waals surface area (Å²) in [6, 6.07) is 13.5. The van der Waals surface area contributed by atoms with Gasteiger partial charge in [-0.1, -0.05) is 29.8 Å². The largest absolute Gasteiger partial charge is 0.457 e. The first kappa shape index (κ1) is 14.2. The lowest BCUT2D eigenvalue weighted by atomic mass is 10.1. The van der Waals surface area contributed by atoms with Crippen molar-refractivity contribution in [2.24, 2.45) is 0 Å². The highest BCUT2D eigenvalue weighted by atomic mass is 16.5. The Bertz CT molecular complexity index is 644. The van der Waals surface area contributed by atoms with Crippen LogP contribution in [0.5, 0.6) is 11.5 Å². The minimum absolute atomic E-state index is 0.731. The Morgan fingerprint density at radius 1 is 0.952 bits per heavy atom. The van der Waals surface area contributed by atoms with Crippen molar-refractivity contribution in [1.82, 2.24) is 5.32 Å². The van der Waals surface area contributed by atoms with E-state index in [1.165, 1.54) is 35.1 Å². The zero-order valence-corrected chi connectivity index (χ0v) is 13.1. The van der Waals surface area contributed by atoms with Gasteiger partial charge in [0.05, 0.1) is 0 Å². The third-order valence-electron chi connectivity index (χ3n) is 3.98. The van der Waals surface area contributed by atoms with Crippen LogP contribution in [-0.4, -0.2) is 6.04 Å². The van der Waals surface area contributed by atoms with Gasteiger partial charge in [-0.3, -0.25) is 0 Å². The molecule has 21 heavy (non-hydrogen) atoms. The molecule has 1 saturated carbocycles. The molecule has 0 saturated heterocycles. The van der Waals surface area contributed by atoms with Crippen molar-refractivity contribution >= 4 is 0 Å². The van der Waals surface area contributed by atoms with Gasteiger partial charge in [0.1, 0.15) is 11.5 Å². The zero-order valence-electron chi connectivity index (χ0n) is 13.1. The lowest BCUT2D eigenvalue weighted by Crippen LogP contribution is -2.15. The lowest BCUT2D eigenvalue weighted by Gasteiger charge is -2.13. The fourth-order valence-corrected chi connectivity index (χ4v) is 2.45. The number of hydrogen-bond acceptors (Lipinski definition) is 2. The molecule has 1 fully saturated rings. The van der Waals surface area contributed by atoms with Crippen molar-refractivity contribution in [3.8, 4) is 11.5 Å². The van der Waals surface area contributed by atoms with E-state index in [2.05, 4.69) is 62.5 Å². The van der Waals surface area contributed by atoms with E-state index >= 15 is 0 Å². The summed E-state index contributed by atoms with van der Waals surface area (Å²) in [7, 11) is 0. The molecule has 0 aliphatic heterocycles. The Morgan fingerprint density at radius 2 is 1.76 bits per heavy atom. The second kappa shape index (κ2) is 5.90. The summed E-state index contributed by atoms with van der Waals surface area (Å²) in [4.78, 5) is 0. The number of aryl methyl sites for hydroxylation is 3. The molecule has 110 valence electrons. The van der Waals surface area contributed by atoms with Gasteiger partial charge in [-0.2, -0.15) is 0 Å². The van der Waals surface area contributed by atoms with Gasteiger partial charge in [0.25, 0.3) is 0 Å². The van der Waals surface area contributed by atoms with Crippen LogP contribution in [0.15, 0.2) is 36.4 Å². The molecule has 0 aromatic heterocycles. The molecule has 3 rings (SSSR count). The van der Waals surface area contributed by atoms with E-state index in [9.17, 15) is 0 Å². The molecule has 0 amide bonds. The maximum atomic E-state index is 6.13. The van der Waals surface area contributed by atoms with Crippen molar-refractivity contribution in [3.63, 3.8) is 0 Å². The Hall–Kier alpha value is -1.80. The van der Waals surface area contributed by atoms with Crippen LogP contribution in [0.25, 0.3) is 0 Å². The van der Waals surface area contributed by atoms with Crippen LogP contribution in [0.2, 0.25) is 0 Å². The van der Waals surface area contributed by atoms with E-state index in [0.29, 0.717) is 0 Å². The number of rotatable bonds is 5. The van der Waals surface area contributed by atoms with Crippen molar-refractivity contribution in [1.29, 1.82) is 0 Å². The van der Waals surface area contributed by atoms with E-state index in [1.807, 2.05) is 0 Å². The minimum Gasteiger partial charge on any atom is -0.457 e. The average molecular weight is 281 g/mol. The fourth-order valence-electron chi connectivity index (χ4n) is 2.45. The first-order chi connectivity index (χ1) is 10.1. The van der Waals surface area contributed by atoms with Crippen LogP contribution in [-0.2, 0) is 6.54 Å². The highest BCUT2D eigenvalue weighted by Crippen LogP contribution is 2.29. The van der Waals surface area contributed by atoms with Crippen molar-refractivity contribution < 1.29 is 4.74 Å². The van der Waals surface area contributed by atoms with Crippen molar-refractivity contribution in [2.45, 2.75) is 46.2 Å². The van der Waals surface area contributed by atoms with Crippen LogP contribution in [0.4, 0.5) is 0 Å². The van der Waals surface area contributed by atoms with Gasteiger partial charge < -0.3 is 10.1 Å². The summed E-state index contributed by atoms with van der Waals surface area (Å²) < 4.78 is 6.13. The Morgan fingerprint density at radius 3 is 2.48 bits per heavy atom. The SMILES string of the molecule is Cc1ccc(Oc2cc(CNC3CC3)ccc2C)c(C)c1. The summed E-state index contributed by atoms with van der Waals surface area (Å²) in [5, 5.41) is 3.55. The molecule has 2 aromatic carbocycles. The molecule has 0 heterocycles. The molecule has 0 atom stereocenters. The maximum Gasteiger partial charge on any atom is 0.130 e. The predicted molar refractivity (Wildman–Crippen MR) is 87.0 cm³/mol. The number of ether oxygens (including phenoxy) is 1. The molecule has 1 aliphatic carbocycles. The van der Waals surface area contributed by atoms with E-state index in [0.717, 1.165) is 24.1 Å². The molecule has 1 aliphatic rings. The zero-order chi connectivity index (χ0) is 14.8. The molecule has 1 N–H and O–H groups in total. The Balaban J connectivity index is 1.77.